The second kappa shape index (κ2) is 6.55. The predicted octanol–water partition coefficient (Wildman–Crippen LogP) is 4.14. The minimum Gasteiger partial charge on any atom is -0.366 e. The molecule has 0 aliphatic carbocycles. The van der Waals surface area contributed by atoms with E-state index in [1.165, 1.54) is 24.3 Å². The third-order valence-corrected chi connectivity index (χ3v) is 3.88. The zero-order valence-electron chi connectivity index (χ0n) is 11.5. The first-order valence-electron chi connectivity index (χ1n) is 6.27. The van der Waals surface area contributed by atoms with Gasteiger partial charge in [-0.2, -0.15) is 13.2 Å². The number of amides is 1. The second-order valence-corrected chi connectivity index (χ2v) is 5.30. The molecule has 2 aromatic carbocycles. The number of hydrogen-bond donors (Lipinski definition) is 1. The number of carbonyl (C=O) groups excluding carboxylic acids is 1. The van der Waals surface area contributed by atoms with Crippen molar-refractivity contribution in [2.45, 2.75) is 6.18 Å². The summed E-state index contributed by atoms with van der Waals surface area (Å²) in [4.78, 5) is 11.3. The van der Waals surface area contributed by atoms with Crippen LogP contribution in [0.4, 0.5) is 18.9 Å². The highest BCUT2D eigenvalue weighted by atomic mass is 35.5. The fourth-order valence-electron chi connectivity index (χ4n) is 1.82. The number of nitrogens with zero attached hydrogens (tertiary/aromatic N) is 1. The van der Waals surface area contributed by atoms with E-state index in [0.717, 1.165) is 16.6 Å². The van der Waals surface area contributed by atoms with Crippen molar-refractivity contribution in [3.05, 3.63) is 65.2 Å². The van der Waals surface area contributed by atoms with E-state index in [9.17, 15) is 18.0 Å². The highest BCUT2D eigenvalue weighted by Gasteiger charge is 2.30. The molecule has 0 aliphatic rings. The summed E-state index contributed by atoms with van der Waals surface area (Å²) >= 11 is 11.3. The Morgan fingerprint density at radius 2 is 1.65 bits per heavy atom. The summed E-state index contributed by atoms with van der Waals surface area (Å²) in [6, 6.07) is 10.4. The largest absolute Gasteiger partial charge is 0.416 e. The molecule has 0 unspecified atom stereocenters. The van der Waals surface area contributed by atoms with Crippen LogP contribution in [-0.4, -0.2) is 10.9 Å². The average Bonchev–Trinajstić information content (AvgIpc) is 2.53. The van der Waals surface area contributed by atoms with Gasteiger partial charge in [0.1, 0.15) is 4.99 Å². The number of thiocarbonyl (C=S) groups is 1. The van der Waals surface area contributed by atoms with Gasteiger partial charge in [0.25, 0.3) is 0 Å². The molecular formula is C15H10ClF3N2OS. The van der Waals surface area contributed by atoms with Crippen molar-refractivity contribution in [3.8, 4) is 0 Å². The minimum atomic E-state index is -4.42. The van der Waals surface area contributed by atoms with E-state index in [-0.39, 0.29) is 16.2 Å². The zero-order valence-corrected chi connectivity index (χ0v) is 13.0. The molecular weight excluding hydrogens is 349 g/mol. The molecule has 2 N–H and O–H groups in total. The van der Waals surface area contributed by atoms with E-state index in [1.807, 2.05) is 0 Å². The lowest BCUT2D eigenvalue weighted by molar-refractivity contribution is -0.137. The van der Waals surface area contributed by atoms with Crippen LogP contribution in [0.2, 0.25) is 0 Å². The van der Waals surface area contributed by atoms with Crippen LogP contribution in [-0.2, 0) is 6.18 Å². The molecule has 0 bridgehead atoms. The predicted molar refractivity (Wildman–Crippen MR) is 86.4 cm³/mol. The maximum Gasteiger partial charge on any atom is 0.416 e. The van der Waals surface area contributed by atoms with Gasteiger partial charge in [-0.3, -0.25) is 4.79 Å². The van der Waals surface area contributed by atoms with Crippen molar-refractivity contribution >= 4 is 40.6 Å². The number of alkyl halides is 3. The molecule has 120 valence electrons. The molecule has 8 heteroatoms. The van der Waals surface area contributed by atoms with Crippen LogP contribution in [0, 0.1) is 0 Å². The fourth-order valence-corrected chi connectivity index (χ4v) is 2.26. The standard InChI is InChI=1S/C15H10ClF3N2OS/c16-21(12-6-4-11(5-7-12)15(17,18)19)14(23)10-3-1-2-9(8-10)13(20)22/h1-8H,(H2,20,22). The van der Waals surface area contributed by atoms with Crippen molar-refractivity contribution in [2.75, 3.05) is 4.42 Å². The molecule has 2 aromatic rings. The monoisotopic (exact) mass is 358 g/mol. The molecule has 0 atom stereocenters. The zero-order chi connectivity index (χ0) is 17.2. The molecule has 0 radical (unpaired) electrons. The summed E-state index contributed by atoms with van der Waals surface area (Å²) in [7, 11) is 0. The second-order valence-electron chi connectivity index (χ2n) is 4.58. The summed E-state index contributed by atoms with van der Waals surface area (Å²) in [5.74, 6) is -0.620. The maximum atomic E-state index is 12.5. The van der Waals surface area contributed by atoms with Crippen LogP contribution in [0.3, 0.4) is 0 Å². The van der Waals surface area contributed by atoms with E-state index in [1.54, 1.807) is 12.1 Å². The lowest BCUT2D eigenvalue weighted by Crippen LogP contribution is -2.20. The van der Waals surface area contributed by atoms with Gasteiger partial charge in [-0.1, -0.05) is 24.4 Å². The first-order chi connectivity index (χ1) is 10.7. The van der Waals surface area contributed by atoms with Crippen molar-refractivity contribution in [1.29, 1.82) is 0 Å². The highest BCUT2D eigenvalue weighted by Crippen LogP contribution is 2.31. The van der Waals surface area contributed by atoms with Crippen LogP contribution >= 0.6 is 24.0 Å². The van der Waals surface area contributed by atoms with Gasteiger partial charge < -0.3 is 5.73 Å². The Labute approximate surface area is 140 Å². The third-order valence-electron chi connectivity index (χ3n) is 2.99. The number of hydrogen-bond acceptors (Lipinski definition) is 2. The van der Waals surface area contributed by atoms with Gasteiger partial charge in [0.15, 0.2) is 0 Å². The third kappa shape index (κ3) is 4.00. The van der Waals surface area contributed by atoms with Crippen molar-refractivity contribution in [3.63, 3.8) is 0 Å². The molecule has 23 heavy (non-hydrogen) atoms. The normalized spacial score (nSPS) is 11.1. The molecule has 0 saturated heterocycles. The number of rotatable bonds is 3. The van der Waals surface area contributed by atoms with Crippen LogP contribution in [0.15, 0.2) is 48.5 Å². The number of anilines is 1. The van der Waals surface area contributed by atoms with Crippen LogP contribution in [0.25, 0.3) is 0 Å². The van der Waals surface area contributed by atoms with Gasteiger partial charge in [0.2, 0.25) is 5.91 Å². The van der Waals surface area contributed by atoms with E-state index in [2.05, 4.69) is 0 Å². The van der Waals surface area contributed by atoms with Crippen LogP contribution < -0.4 is 10.2 Å². The van der Waals surface area contributed by atoms with E-state index < -0.39 is 17.6 Å². The summed E-state index contributed by atoms with van der Waals surface area (Å²) in [6.45, 7) is 0. The molecule has 0 saturated carbocycles. The van der Waals surface area contributed by atoms with E-state index in [0.29, 0.717) is 5.56 Å². The molecule has 0 heterocycles. The lowest BCUT2D eigenvalue weighted by Gasteiger charge is -2.18. The first kappa shape index (κ1) is 17.2. The topological polar surface area (TPSA) is 46.3 Å². The van der Waals surface area contributed by atoms with Crippen molar-refractivity contribution in [1.82, 2.24) is 0 Å². The average molecular weight is 359 g/mol. The molecule has 0 fully saturated rings. The van der Waals surface area contributed by atoms with Crippen molar-refractivity contribution in [2.24, 2.45) is 5.73 Å². The lowest BCUT2D eigenvalue weighted by atomic mass is 10.1. The number of carbonyl (C=O) groups is 1. The van der Waals surface area contributed by atoms with E-state index >= 15 is 0 Å². The Morgan fingerprint density at radius 3 is 2.17 bits per heavy atom. The molecule has 0 aromatic heterocycles. The van der Waals surface area contributed by atoms with Gasteiger partial charge >= 0.3 is 6.18 Å². The number of primary amides is 1. The molecule has 3 nitrogen and oxygen atoms in total. The summed E-state index contributed by atoms with van der Waals surface area (Å²) in [6.07, 6.45) is -4.42. The highest BCUT2D eigenvalue weighted by molar-refractivity contribution is 7.81. The Hall–Kier alpha value is -2.12. The first-order valence-corrected chi connectivity index (χ1v) is 7.02. The maximum absolute atomic E-state index is 12.5. The minimum absolute atomic E-state index is 0.134. The Balaban J connectivity index is 2.26. The molecule has 0 aliphatic heterocycles. The van der Waals surface area contributed by atoms with E-state index in [4.69, 9.17) is 29.7 Å². The summed E-state index contributed by atoms with van der Waals surface area (Å²) in [5.41, 5.74) is 5.38. The molecule has 1 amide bonds. The van der Waals surface area contributed by atoms with Gasteiger partial charge in [-0.05, 0) is 36.4 Å². The van der Waals surface area contributed by atoms with Gasteiger partial charge in [0, 0.05) is 22.9 Å². The Morgan fingerprint density at radius 1 is 1.09 bits per heavy atom. The van der Waals surface area contributed by atoms with Crippen LogP contribution in [0.1, 0.15) is 21.5 Å². The quantitative estimate of drug-likeness (QED) is 0.662. The summed E-state index contributed by atoms with van der Waals surface area (Å²) < 4.78 is 38.7. The van der Waals surface area contributed by atoms with Crippen LogP contribution in [0.5, 0.6) is 0 Å². The summed E-state index contributed by atoms with van der Waals surface area (Å²) in [5, 5.41) is 0. The van der Waals surface area contributed by atoms with Gasteiger partial charge in [-0.25, -0.2) is 4.42 Å². The Bertz CT molecular complexity index is 747. The Kier molecular flexibility index (Phi) is 4.91. The van der Waals surface area contributed by atoms with Crippen molar-refractivity contribution < 1.29 is 18.0 Å². The number of halogens is 4. The van der Waals surface area contributed by atoms with Gasteiger partial charge in [0.05, 0.1) is 11.3 Å². The number of benzene rings is 2. The van der Waals surface area contributed by atoms with Gasteiger partial charge in [-0.15, -0.1) is 0 Å². The molecule has 2 rings (SSSR count). The SMILES string of the molecule is NC(=O)c1cccc(C(=S)N(Cl)c2ccc(C(F)(F)F)cc2)c1. The number of nitrogens with two attached hydrogens (primary N) is 1. The smallest absolute Gasteiger partial charge is 0.366 e. The fraction of sp³-hybridized carbons (Fsp3) is 0.0667. The molecule has 0 spiro atoms.